The molecule has 2 aromatic carbocycles. The molecule has 150 valence electrons. The van der Waals surface area contributed by atoms with Gasteiger partial charge in [0.25, 0.3) is 0 Å². The molecule has 1 saturated heterocycles. The third kappa shape index (κ3) is 5.38. The molecule has 0 radical (unpaired) electrons. The summed E-state index contributed by atoms with van der Waals surface area (Å²) in [4.78, 5) is 17.1. The topological polar surface area (TPSA) is 54.0 Å². The Hall–Kier alpha value is -2.28. The molecule has 2 aromatic rings. The van der Waals surface area contributed by atoms with E-state index in [-0.39, 0.29) is 25.1 Å². The van der Waals surface area contributed by atoms with Crippen LogP contribution >= 0.6 is 0 Å². The van der Waals surface area contributed by atoms with E-state index >= 15 is 0 Å². The van der Waals surface area contributed by atoms with E-state index in [0.717, 1.165) is 50.7 Å². The van der Waals surface area contributed by atoms with Crippen LogP contribution in [0, 0.1) is 0 Å². The van der Waals surface area contributed by atoms with Crippen molar-refractivity contribution in [2.45, 2.75) is 13.0 Å². The monoisotopic (exact) mass is 402 g/mol. The maximum absolute atomic E-state index is 12.2. The first-order valence-corrected chi connectivity index (χ1v) is 9.44. The number of fused-ring (bicyclic) bond motifs is 1. The second-order valence-corrected chi connectivity index (χ2v) is 6.97. The van der Waals surface area contributed by atoms with Crippen LogP contribution in [0.2, 0.25) is 0 Å². The van der Waals surface area contributed by atoms with E-state index < -0.39 is 0 Å². The SMILES string of the molecule is O=C(CCN1CCN(Cc2ccccc2)CC1)Nc1ccc2c(c1)OCO2.[Cl-]. The Bertz CT molecular complexity index is 780. The minimum absolute atomic E-state index is 0. The molecule has 28 heavy (non-hydrogen) atoms. The molecule has 7 heteroatoms. The predicted molar refractivity (Wildman–Crippen MR) is 104 cm³/mol. The van der Waals surface area contributed by atoms with E-state index in [1.54, 1.807) is 0 Å². The van der Waals surface area contributed by atoms with Gasteiger partial charge in [-0.2, -0.15) is 0 Å². The van der Waals surface area contributed by atoms with Crippen LogP contribution in [0.3, 0.4) is 0 Å². The number of carbonyl (C=O) groups is 1. The molecule has 0 unspecified atom stereocenters. The predicted octanol–water partition coefficient (Wildman–Crippen LogP) is -0.434. The summed E-state index contributed by atoms with van der Waals surface area (Å²) in [5.74, 6) is 1.43. The van der Waals surface area contributed by atoms with Gasteiger partial charge in [0, 0.05) is 57.4 Å². The van der Waals surface area contributed by atoms with Crippen molar-refractivity contribution in [2.24, 2.45) is 0 Å². The average molecular weight is 403 g/mol. The largest absolute Gasteiger partial charge is 1.00 e. The highest BCUT2D eigenvalue weighted by Crippen LogP contribution is 2.34. The molecule has 0 spiro atoms. The smallest absolute Gasteiger partial charge is 0.231 e. The normalized spacial score (nSPS) is 16.4. The van der Waals surface area contributed by atoms with Gasteiger partial charge >= 0.3 is 0 Å². The highest BCUT2D eigenvalue weighted by Gasteiger charge is 2.18. The molecule has 1 fully saturated rings. The first-order chi connectivity index (χ1) is 13.3. The molecule has 1 N–H and O–H groups in total. The van der Waals surface area contributed by atoms with Crippen molar-refractivity contribution in [3.05, 3.63) is 54.1 Å². The molecule has 2 aliphatic rings. The van der Waals surface area contributed by atoms with Gasteiger partial charge in [0.2, 0.25) is 12.7 Å². The van der Waals surface area contributed by atoms with Crippen LogP contribution in [0.4, 0.5) is 5.69 Å². The number of hydrogen-bond donors (Lipinski definition) is 1. The third-order valence-corrected chi connectivity index (χ3v) is 5.03. The van der Waals surface area contributed by atoms with Gasteiger partial charge in [0.15, 0.2) is 11.5 Å². The summed E-state index contributed by atoms with van der Waals surface area (Å²) in [5, 5.41) is 2.94. The van der Waals surface area contributed by atoms with Crippen LogP contribution in [-0.2, 0) is 11.3 Å². The lowest BCUT2D eigenvalue weighted by Gasteiger charge is -2.34. The number of nitrogens with one attached hydrogen (secondary N) is 1. The molecule has 0 saturated carbocycles. The quantitative estimate of drug-likeness (QED) is 0.710. The lowest BCUT2D eigenvalue weighted by Crippen LogP contribution is -3.00. The fraction of sp³-hybridized carbons (Fsp3) is 0.381. The number of nitrogens with zero attached hydrogens (tertiary/aromatic N) is 2. The van der Waals surface area contributed by atoms with Gasteiger partial charge in [-0.25, -0.2) is 0 Å². The van der Waals surface area contributed by atoms with Gasteiger partial charge in [-0.3, -0.25) is 9.69 Å². The molecule has 0 aromatic heterocycles. The number of benzene rings is 2. The van der Waals surface area contributed by atoms with Crippen LogP contribution < -0.4 is 27.2 Å². The summed E-state index contributed by atoms with van der Waals surface area (Å²) in [6.45, 7) is 6.11. The number of anilines is 1. The van der Waals surface area contributed by atoms with Crippen LogP contribution in [0.25, 0.3) is 0 Å². The van der Waals surface area contributed by atoms with Gasteiger partial charge in [0.05, 0.1) is 0 Å². The number of piperazine rings is 1. The molecule has 2 aliphatic heterocycles. The van der Waals surface area contributed by atoms with Crippen molar-refractivity contribution in [1.82, 2.24) is 9.80 Å². The summed E-state index contributed by atoms with van der Waals surface area (Å²) in [7, 11) is 0. The summed E-state index contributed by atoms with van der Waals surface area (Å²) in [5.41, 5.74) is 2.10. The zero-order valence-electron chi connectivity index (χ0n) is 15.8. The molecule has 4 rings (SSSR count). The second kappa shape index (κ2) is 9.78. The minimum Gasteiger partial charge on any atom is -1.00 e. The Morgan fingerprint density at radius 2 is 1.64 bits per heavy atom. The van der Waals surface area contributed by atoms with E-state index in [0.29, 0.717) is 12.2 Å². The summed E-state index contributed by atoms with van der Waals surface area (Å²) >= 11 is 0. The molecule has 6 nitrogen and oxygen atoms in total. The van der Waals surface area contributed by atoms with Gasteiger partial charge in [-0.05, 0) is 17.7 Å². The Labute approximate surface area is 171 Å². The first-order valence-electron chi connectivity index (χ1n) is 9.44. The standard InChI is InChI=1S/C21H25N3O3.ClH/c25-21(22-18-6-7-19-20(14-18)27-16-26-19)8-9-23-10-12-24(13-11-23)15-17-4-2-1-3-5-17;/h1-7,14H,8-13,15-16H2,(H,22,25);1H/p-1. The van der Waals surface area contributed by atoms with E-state index in [1.807, 2.05) is 18.2 Å². The molecule has 1 amide bonds. The summed E-state index contributed by atoms with van der Waals surface area (Å²) in [6, 6.07) is 16.0. The van der Waals surface area contributed by atoms with E-state index in [9.17, 15) is 4.79 Å². The van der Waals surface area contributed by atoms with Crippen molar-refractivity contribution in [3.8, 4) is 11.5 Å². The molecule has 2 heterocycles. The van der Waals surface area contributed by atoms with Crippen LogP contribution in [0.1, 0.15) is 12.0 Å². The highest BCUT2D eigenvalue weighted by atomic mass is 35.5. The fourth-order valence-electron chi connectivity index (χ4n) is 3.47. The number of amides is 1. The zero-order chi connectivity index (χ0) is 18.5. The van der Waals surface area contributed by atoms with Crippen molar-refractivity contribution in [3.63, 3.8) is 0 Å². The summed E-state index contributed by atoms with van der Waals surface area (Å²) < 4.78 is 10.6. The first kappa shape index (κ1) is 20.5. The lowest BCUT2D eigenvalue weighted by molar-refractivity contribution is -0.116. The number of ether oxygens (including phenoxy) is 2. The van der Waals surface area contributed by atoms with Gasteiger partial charge in [0.1, 0.15) is 0 Å². The molecular weight excluding hydrogens is 378 g/mol. The zero-order valence-corrected chi connectivity index (χ0v) is 16.5. The highest BCUT2D eigenvalue weighted by molar-refractivity contribution is 5.91. The van der Waals surface area contributed by atoms with E-state index in [4.69, 9.17) is 9.47 Å². The molecular formula is C21H25ClN3O3-. The number of halogens is 1. The lowest BCUT2D eigenvalue weighted by atomic mass is 10.2. The number of rotatable bonds is 6. The Morgan fingerprint density at radius 1 is 0.929 bits per heavy atom. The molecule has 0 aliphatic carbocycles. The number of hydrogen-bond acceptors (Lipinski definition) is 5. The van der Waals surface area contributed by atoms with Crippen molar-refractivity contribution in [1.29, 1.82) is 0 Å². The Balaban J connectivity index is 0.00000225. The van der Waals surface area contributed by atoms with Crippen molar-refractivity contribution < 1.29 is 26.7 Å². The third-order valence-electron chi connectivity index (χ3n) is 5.03. The maximum Gasteiger partial charge on any atom is 0.231 e. The Morgan fingerprint density at radius 3 is 2.43 bits per heavy atom. The number of carbonyl (C=O) groups excluding carboxylic acids is 1. The van der Waals surface area contributed by atoms with E-state index in [1.165, 1.54) is 5.56 Å². The second-order valence-electron chi connectivity index (χ2n) is 6.97. The minimum atomic E-state index is 0. The van der Waals surface area contributed by atoms with Crippen molar-refractivity contribution in [2.75, 3.05) is 44.8 Å². The van der Waals surface area contributed by atoms with Gasteiger partial charge in [-0.15, -0.1) is 0 Å². The molecule has 0 bridgehead atoms. The van der Waals surface area contributed by atoms with Crippen LogP contribution in [0.15, 0.2) is 48.5 Å². The Kier molecular flexibility index (Phi) is 7.14. The van der Waals surface area contributed by atoms with Crippen molar-refractivity contribution >= 4 is 11.6 Å². The maximum atomic E-state index is 12.2. The average Bonchev–Trinajstić information content (AvgIpc) is 3.16. The fourth-order valence-corrected chi connectivity index (χ4v) is 3.47. The van der Waals surface area contributed by atoms with Gasteiger partial charge in [-0.1, -0.05) is 30.3 Å². The van der Waals surface area contributed by atoms with Gasteiger partial charge < -0.3 is 32.1 Å². The molecule has 0 atom stereocenters. The van der Waals surface area contributed by atoms with Crippen LogP contribution in [-0.4, -0.2) is 55.2 Å². The van der Waals surface area contributed by atoms with E-state index in [2.05, 4.69) is 45.4 Å². The van der Waals surface area contributed by atoms with Crippen LogP contribution in [0.5, 0.6) is 11.5 Å². The summed E-state index contributed by atoms with van der Waals surface area (Å²) in [6.07, 6.45) is 0.493.